The Balaban J connectivity index is 2.23. The molecular weight excluding hydrogens is 320 g/mol. The molecular formula is C15H21BrN2O2. The first-order valence-electron chi connectivity index (χ1n) is 7.09. The summed E-state index contributed by atoms with van der Waals surface area (Å²) in [5.41, 5.74) is 0.994. The summed E-state index contributed by atoms with van der Waals surface area (Å²) in [7, 11) is 0. The van der Waals surface area contributed by atoms with E-state index < -0.39 is 0 Å². The molecule has 0 amide bonds. The lowest BCUT2D eigenvalue weighted by atomic mass is 10.1. The molecule has 1 unspecified atom stereocenters. The van der Waals surface area contributed by atoms with Crippen LogP contribution in [-0.4, -0.2) is 43.7 Å². The highest BCUT2D eigenvalue weighted by Crippen LogP contribution is 2.24. The summed E-state index contributed by atoms with van der Waals surface area (Å²) in [4.78, 5) is 14.6. The molecule has 0 bridgehead atoms. The maximum absolute atomic E-state index is 12.3. The first-order chi connectivity index (χ1) is 9.72. The van der Waals surface area contributed by atoms with E-state index in [-0.39, 0.29) is 12.0 Å². The first-order valence-corrected chi connectivity index (χ1v) is 7.88. The minimum absolute atomic E-state index is 0.156. The predicted octanol–water partition coefficient (Wildman–Crippen LogP) is 2.35. The van der Waals surface area contributed by atoms with Crippen molar-refractivity contribution < 1.29 is 9.53 Å². The summed E-state index contributed by atoms with van der Waals surface area (Å²) < 4.78 is 6.29. The zero-order chi connectivity index (χ0) is 14.4. The van der Waals surface area contributed by atoms with Gasteiger partial charge in [-0.1, -0.05) is 28.1 Å². The zero-order valence-electron chi connectivity index (χ0n) is 11.8. The minimum Gasteiger partial charge on any atom is -0.465 e. The van der Waals surface area contributed by atoms with Crippen LogP contribution in [0.25, 0.3) is 0 Å². The third-order valence-electron chi connectivity index (χ3n) is 3.44. The van der Waals surface area contributed by atoms with Crippen LogP contribution in [0.4, 0.5) is 0 Å². The van der Waals surface area contributed by atoms with Gasteiger partial charge in [0.25, 0.3) is 0 Å². The van der Waals surface area contributed by atoms with Crippen molar-refractivity contribution in [3.8, 4) is 0 Å². The number of hydrogen-bond acceptors (Lipinski definition) is 4. The van der Waals surface area contributed by atoms with Crippen molar-refractivity contribution in [3.05, 3.63) is 34.3 Å². The highest BCUT2D eigenvalue weighted by molar-refractivity contribution is 9.10. The molecule has 1 saturated heterocycles. The number of nitrogens with one attached hydrogen (secondary N) is 1. The number of benzene rings is 1. The largest absolute Gasteiger partial charge is 0.465 e. The Labute approximate surface area is 128 Å². The summed E-state index contributed by atoms with van der Waals surface area (Å²) in [5, 5.41) is 3.36. The topological polar surface area (TPSA) is 41.6 Å². The van der Waals surface area contributed by atoms with Gasteiger partial charge in [0.15, 0.2) is 0 Å². The molecule has 0 aliphatic carbocycles. The van der Waals surface area contributed by atoms with Crippen LogP contribution in [0, 0.1) is 0 Å². The summed E-state index contributed by atoms with van der Waals surface area (Å²) >= 11 is 3.43. The Morgan fingerprint density at radius 2 is 2.10 bits per heavy atom. The van der Waals surface area contributed by atoms with Gasteiger partial charge in [0.2, 0.25) is 0 Å². The number of halogens is 1. The molecule has 1 heterocycles. The van der Waals surface area contributed by atoms with E-state index in [1.54, 1.807) is 0 Å². The van der Waals surface area contributed by atoms with Gasteiger partial charge in [0, 0.05) is 24.1 Å². The second-order valence-corrected chi connectivity index (χ2v) is 5.76. The lowest BCUT2D eigenvalue weighted by Crippen LogP contribution is -2.37. The SMILES string of the molecule is CCOC(=O)C(c1ccc(Br)cc1)N1CCCNCC1. The molecule has 1 aromatic rings. The van der Waals surface area contributed by atoms with Gasteiger partial charge in [-0.3, -0.25) is 4.90 Å². The van der Waals surface area contributed by atoms with Gasteiger partial charge in [-0.15, -0.1) is 0 Å². The maximum Gasteiger partial charge on any atom is 0.328 e. The van der Waals surface area contributed by atoms with Crippen LogP contribution in [0.2, 0.25) is 0 Å². The van der Waals surface area contributed by atoms with Crippen LogP contribution in [0.1, 0.15) is 24.9 Å². The molecule has 0 saturated carbocycles. The highest BCUT2D eigenvalue weighted by atomic mass is 79.9. The molecule has 4 nitrogen and oxygen atoms in total. The Bertz CT molecular complexity index is 428. The van der Waals surface area contributed by atoms with Crippen LogP contribution in [0.3, 0.4) is 0 Å². The summed E-state index contributed by atoms with van der Waals surface area (Å²) in [6, 6.07) is 7.62. The normalized spacial score (nSPS) is 18.3. The highest BCUT2D eigenvalue weighted by Gasteiger charge is 2.29. The third kappa shape index (κ3) is 4.04. The quantitative estimate of drug-likeness (QED) is 0.854. The van der Waals surface area contributed by atoms with E-state index in [1.165, 1.54) is 0 Å². The molecule has 1 aromatic carbocycles. The van der Waals surface area contributed by atoms with Crippen molar-refractivity contribution >= 4 is 21.9 Å². The van der Waals surface area contributed by atoms with E-state index in [0.29, 0.717) is 6.61 Å². The Hall–Kier alpha value is -0.910. The van der Waals surface area contributed by atoms with Crippen molar-refractivity contribution in [1.82, 2.24) is 10.2 Å². The van der Waals surface area contributed by atoms with Crippen molar-refractivity contribution in [2.75, 3.05) is 32.8 Å². The molecule has 0 spiro atoms. The smallest absolute Gasteiger partial charge is 0.328 e. The zero-order valence-corrected chi connectivity index (χ0v) is 13.4. The van der Waals surface area contributed by atoms with Gasteiger partial charge in [0.05, 0.1) is 6.61 Å². The van der Waals surface area contributed by atoms with Crippen LogP contribution < -0.4 is 5.32 Å². The summed E-state index contributed by atoms with van der Waals surface area (Å²) in [6.45, 7) is 5.95. The number of hydrogen-bond donors (Lipinski definition) is 1. The van der Waals surface area contributed by atoms with E-state index in [9.17, 15) is 4.79 Å². The van der Waals surface area contributed by atoms with Crippen LogP contribution in [-0.2, 0) is 9.53 Å². The molecule has 2 rings (SSSR count). The molecule has 0 radical (unpaired) electrons. The van der Waals surface area contributed by atoms with Gasteiger partial charge in [-0.25, -0.2) is 4.79 Å². The van der Waals surface area contributed by atoms with Crippen LogP contribution in [0.5, 0.6) is 0 Å². The molecule has 5 heteroatoms. The van der Waals surface area contributed by atoms with Gasteiger partial charge in [-0.05, 0) is 37.6 Å². The number of carbonyl (C=O) groups is 1. The lowest BCUT2D eigenvalue weighted by molar-refractivity contribution is -0.149. The molecule has 0 aromatic heterocycles. The average Bonchev–Trinajstić information content (AvgIpc) is 2.71. The number of ether oxygens (including phenoxy) is 1. The predicted molar refractivity (Wildman–Crippen MR) is 82.6 cm³/mol. The maximum atomic E-state index is 12.3. The number of esters is 1. The second kappa shape index (κ2) is 7.76. The first kappa shape index (κ1) is 15.5. The van der Waals surface area contributed by atoms with Crippen LogP contribution >= 0.6 is 15.9 Å². The third-order valence-corrected chi connectivity index (χ3v) is 3.96. The fourth-order valence-electron chi connectivity index (χ4n) is 2.49. The van der Waals surface area contributed by atoms with Gasteiger partial charge >= 0.3 is 5.97 Å². The Morgan fingerprint density at radius 3 is 2.80 bits per heavy atom. The molecule has 1 N–H and O–H groups in total. The van der Waals surface area contributed by atoms with Crippen molar-refractivity contribution in [3.63, 3.8) is 0 Å². The molecule has 20 heavy (non-hydrogen) atoms. The standard InChI is InChI=1S/C15H21BrN2O2/c1-2-20-15(19)14(12-4-6-13(16)7-5-12)18-10-3-8-17-9-11-18/h4-7,14,17H,2-3,8-11H2,1H3. The van der Waals surface area contributed by atoms with Crippen molar-refractivity contribution in [2.24, 2.45) is 0 Å². The second-order valence-electron chi connectivity index (χ2n) is 4.85. The number of rotatable bonds is 4. The number of carbonyl (C=O) groups excluding carboxylic acids is 1. The Kier molecular flexibility index (Phi) is 6.01. The van der Waals surface area contributed by atoms with Gasteiger partial charge < -0.3 is 10.1 Å². The van der Waals surface area contributed by atoms with Gasteiger partial charge in [0.1, 0.15) is 6.04 Å². The van der Waals surface area contributed by atoms with Crippen molar-refractivity contribution in [1.29, 1.82) is 0 Å². The van der Waals surface area contributed by atoms with Crippen LogP contribution in [0.15, 0.2) is 28.7 Å². The molecule has 1 aliphatic heterocycles. The lowest BCUT2D eigenvalue weighted by Gasteiger charge is -2.29. The number of nitrogens with zero attached hydrogens (tertiary/aromatic N) is 1. The van der Waals surface area contributed by atoms with E-state index in [1.807, 2.05) is 31.2 Å². The van der Waals surface area contributed by atoms with E-state index in [4.69, 9.17) is 4.74 Å². The summed E-state index contributed by atoms with van der Waals surface area (Å²) in [6.07, 6.45) is 1.05. The van der Waals surface area contributed by atoms with E-state index >= 15 is 0 Å². The fraction of sp³-hybridized carbons (Fsp3) is 0.533. The van der Waals surface area contributed by atoms with E-state index in [2.05, 4.69) is 26.1 Å². The summed E-state index contributed by atoms with van der Waals surface area (Å²) in [5.74, 6) is -0.156. The van der Waals surface area contributed by atoms with Crippen molar-refractivity contribution in [2.45, 2.75) is 19.4 Å². The fourth-order valence-corrected chi connectivity index (χ4v) is 2.75. The van der Waals surface area contributed by atoms with E-state index in [0.717, 1.165) is 42.6 Å². The Morgan fingerprint density at radius 1 is 1.35 bits per heavy atom. The monoisotopic (exact) mass is 340 g/mol. The minimum atomic E-state index is -0.303. The molecule has 1 atom stereocenters. The molecule has 1 aliphatic rings. The van der Waals surface area contributed by atoms with Gasteiger partial charge in [-0.2, -0.15) is 0 Å². The average molecular weight is 341 g/mol. The molecule has 1 fully saturated rings. The molecule has 110 valence electrons.